The SMILES string of the molecule is CCSC1=NS(=O)(=O)c2cc(OC)ccc2N1. The van der Waals surface area contributed by atoms with Crippen LogP contribution in [0, 0.1) is 0 Å². The molecule has 0 fully saturated rings. The average molecular weight is 272 g/mol. The summed E-state index contributed by atoms with van der Waals surface area (Å²) in [6.07, 6.45) is 0. The van der Waals surface area contributed by atoms with Gasteiger partial charge in [-0.3, -0.25) is 0 Å². The van der Waals surface area contributed by atoms with E-state index in [9.17, 15) is 8.42 Å². The van der Waals surface area contributed by atoms with Gasteiger partial charge in [-0.1, -0.05) is 18.7 Å². The number of fused-ring (bicyclic) bond motifs is 1. The van der Waals surface area contributed by atoms with Crippen molar-refractivity contribution in [2.45, 2.75) is 11.8 Å². The van der Waals surface area contributed by atoms with Crippen molar-refractivity contribution in [1.29, 1.82) is 0 Å². The van der Waals surface area contributed by atoms with Crippen molar-refractivity contribution in [3.8, 4) is 5.75 Å². The highest BCUT2D eigenvalue weighted by Gasteiger charge is 2.25. The second kappa shape index (κ2) is 4.58. The second-order valence-corrected chi connectivity index (χ2v) is 6.12. The van der Waals surface area contributed by atoms with Crippen LogP contribution in [0.4, 0.5) is 5.69 Å². The number of methoxy groups -OCH3 is 1. The molecule has 0 saturated carbocycles. The number of benzene rings is 1. The number of sulfonamides is 1. The van der Waals surface area contributed by atoms with Gasteiger partial charge in [0.25, 0.3) is 10.0 Å². The highest BCUT2D eigenvalue weighted by molar-refractivity contribution is 8.14. The van der Waals surface area contributed by atoms with E-state index in [0.717, 1.165) is 5.75 Å². The molecule has 1 aliphatic heterocycles. The van der Waals surface area contributed by atoms with E-state index in [4.69, 9.17) is 4.74 Å². The van der Waals surface area contributed by atoms with Crippen LogP contribution in [0.1, 0.15) is 6.92 Å². The normalized spacial score (nSPS) is 16.7. The zero-order valence-electron chi connectivity index (χ0n) is 9.43. The highest BCUT2D eigenvalue weighted by atomic mass is 32.2. The standard InChI is InChI=1S/C10H12N2O3S2/c1-3-16-10-11-8-5-4-7(15-2)6-9(8)17(13,14)12-10/h4-6H,3H2,1-2H3,(H,11,12). The molecule has 0 unspecified atom stereocenters. The Morgan fingerprint density at radius 1 is 1.47 bits per heavy atom. The molecule has 2 rings (SSSR count). The fourth-order valence-electron chi connectivity index (χ4n) is 1.44. The molecule has 0 amide bonds. The number of anilines is 1. The largest absolute Gasteiger partial charge is 0.497 e. The summed E-state index contributed by atoms with van der Waals surface area (Å²) in [5.74, 6) is 1.25. The van der Waals surface area contributed by atoms with Gasteiger partial charge in [0.2, 0.25) is 0 Å². The topological polar surface area (TPSA) is 67.8 Å². The summed E-state index contributed by atoms with van der Waals surface area (Å²) in [6, 6.07) is 4.85. The van der Waals surface area contributed by atoms with E-state index >= 15 is 0 Å². The molecule has 92 valence electrons. The Morgan fingerprint density at radius 2 is 2.24 bits per heavy atom. The molecule has 0 spiro atoms. The summed E-state index contributed by atoms with van der Waals surface area (Å²) in [7, 11) is -2.13. The van der Waals surface area contributed by atoms with Crippen LogP contribution in [0.5, 0.6) is 5.75 Å². The van der Waals surface area contributed by atoms with E-state index in [1.807, 2.05) is 6.92 Å². The van der Waals surface area contributed by atoms with Crippen LogP contribution in [0.25, 0.3) is 0 Å². The Kier molecular flexibility index (Phi) is 3.30. The van der Waals surface area contributed by atoms with Crippen LogP contribution in [-0.4, -0.2) is 26.4 Å². The smallest absolute Gasteiger partial charge is 0.286 e. The first-order chi connectivity index (χ1) is 8.06. The van der Waals surface area contributed by atoms with E-state index < -0.39 is 10.0 Å². The molecular formula is C10H12N2O3S2. The van der Waals surface area contributed by atoms with E-state index in [-0.39, 0.29) is 4.90 Å². The van der Waals surface area contributed by atoms with Gasteiger partial charge in [0, 0.05) is 6.07 Å². The second-order valence-electron chi connectivity index (χ2n) is 3.29. The van der Waals surface area contributed by atoms with Crippen molar-refractivity contribution < 1.29 is 13.2 Å². The highest BCUT2D eigenvalue weighted by Crippen LogP contribution is 2.32. The van der Waals surface area contributed by atoms with Crippen molar-refractivity contribution in [2.24, 2.45) is 4.40 Å². The Morgan fingerprint density at radius 3 is 2.88 bits per heavy atom. The van der Waals surface area contributed by atoms with Gasteiger partial charge in [-0.05, 0) is 17.9 Å². The summed E-state index contributed by atoms with van der Waals surface area (Å²) >= 11 is 1.36. The Balaban J connectivity index is 2.49. The molecule has 1 aliphatic rings. The van der Waals surface area contributed by atoms with Crippen LogP contribution < -0.4 is 10.1 Å². The van der Waals surface area contributed by atoms with Gasteiger partial charge in [0.1, 0.15) is 10.6 Å². The van der Waals surface area contributed by atoms with Gasteiger partial charge in [-0.15, -0.1) is 4.40 Å². The van der Waals surface area contributed by atoms with Gasteiger partial charge in [0.15, 0.2) is 5.17 Å². The number of nitrogens with zero attached hydrogens (tertiary/aromatic N) is 1. The van der Waals surface area contributed by atoms with Gasteiger partial charge in [-0.2, -0.15) is 8.42 Å². The molecule has 1 aromatic rings. The minimum atomic E-state index is -3.62. The van der Waals surface area contributed by atoms with Crippen LogP contribution >= 0.6 is 11.8 Å². The molecule has 7 heteroatoms. The Bertz CT molecular complexity index is 567. The molecule has 17 heavy (non-hydrogen) atoms. The minimum absolute atomic E-state index is 0.150. The lowest BCUT2D eigenvalue weighted by molar-refractivity contribution is 0.413. The predicted octanol–water partition coefficient (Wildman–Crippen LogP) is 1.92. The van der Waals surface area contributed by atoms with Crippen molar-refractivity contribution in [3.63, 3.8) is 0 Å². The van der Waals surface area contributed by atoms with Crippen LogP contribution in [0.3, 0.4) is 0 Å². The predicted molar refractivity (Wildman–Crippen MR) is 69.4 cm³/mol. The van der Waals surface area contributed by atoms with E-state index in [0.29, 0.717) is 16.6 Å². The van der Waals surface area contributed by atoms with Gasteiger partial charge in [0.05, 0.1) is 12.8 Å². The molecule has 1 heterocycles. The molecule has 0 atom stereocenters. The molecule has 0 aliphatic carbocycles. The van der Waals surface area contributed by atoms with Crippen LogP contribution in [0.2, 0.25) is 0 Å². The molecule has 0 aromatic heterocycles. The maximum atomic E-state index is 11.9. The first kappa shape index (κ1) is 12.3. The van der Waals surface area contributed by atoms with Crippen LogP contribution in [0.15, 0.2) is 27.5 Å². The average Bonchev–Trinajstić information content (AvgIpc) is 2.28. The zero-order chi connectivity index (χ0) is 12.5. The summed E-state index contributed by atoms with van der Waals surface area (Å²) in [6.45, 7) is 1.94. The quantitative estimate of drug-likeness (QED) is 0.891. The van der Waals surface area contributed by atoms with Gasteiger partial charge in [-0.25, -0.2) is 0 Å². The van der Waals surface area contributed by atoms with Crippen molar-refractivity contribution in [1.82, 2.24) is 0 Å². The zero-order valence-corrected chi connectivity index (χ0v) is 11.1. The molecule has 5 nitrogen and oxygen atoms in total. The summed E-state index contributed by atoms with van der Waals surface area (Å²) in [5, 5.41) is 3.39. The molecule has 0 saturated heterocycles. The van der Waals surface area contributed by atoms with E-state index in [2.05, 4.69) is 9.71 Å². The minimum Gasteiger partial charge on any atom is -0.497 e. The number of thioether (sulfide) groups is 1. The maximum absolute atomic E-state index is 11.9. The van der Waals surface area contributed by atoms with Crippen molar-refractivity contribution >= 4 is 32.6 Å². The molecule has 0 radical (unpaired) electrons. The number of rotatable bonds is 2. The van der Waals surface area contributed by atoms with Crippen molar-refractivity contribution in [2.75, 3.05) is 18.2 Å². The molecule has 1 aromatic carbocycles. The third-order valence-electron chi connectivity index (χ3n) is 2.19. The maximum Gasteiger partial charge on any atom is 0.286 e. The van der Waals surface area contributed by atoms with Gasteiger partial charge >= 0.3 is 0 Å². The molecule has 0 bridgehead atoms. The lowest BCUT2D eigenvalue weighted by Crippen LogP contribution is -2.19. The Hall–Kier alpha value is -1.21. The number of amidine groups is 1. The summed E-state index contributed by atoms with van der Waals surface area (Å²) in [5.41, 5.74) is 0.539. The van der Waals surface area contributed by atoms with Crippen molar-refractivity contribution in [3.05, 3.63) is 18.2 Å². The summed E-state index contributed by atoms with van der Waals surface area (Å²) in [4.78, 5) is 0.150. The molecule has 1 N–H and O–H groups in total. The fourth-order valence-corrected chi connectivity index (χ4v) is 3.43. The van der Waals surface area contributed by atoms with Crippen LogP contribution in [-0.2, 0) is 10.0 Å². The monoisotopic (exact) mass is 272 g/mol. The third-order valence-corrected chi connectivity index (χ3v) is 4.38. The third kappa shape index (κ3) is 2.39. The lowest BCUT2D eigenvalue weighted by Gasteiger charge is -2.17. The number of ether oxygens (including phenoxy) is 1. The van der Waals surface area contributed by atoms with E-state index in [1.165, 1.54) is 24.9 Å². The lowest BCUT2D eigenvalue weighted by atomic mass is 10.3. The van der Waals surface area contributed by atoms with E-state index in [1.54, 1.807) is 12.1 Å². The number of nitrogens with one attached hydrogen (secondary N) is 1. The van der Waals surface area contributed by atoms with Gasteiger partial charge < -0.3 is 10.1 Å². The Labute approximate surface area is 104 Å². The first-order valence-electron chi connectivity index (χ1n) is 4.99. The summed E-state index contributed by atoms with van der Waals surface area (Å²) < 4.78 is 32.6. The molecular weight excluding hydrogens is 260 g/mol. The first-order valence-corrected chi connectivity index (χ1v) is 7.42. The number of hydrogen-bond acceptors (Lipinski definition) is 5. The number of hydrogen-bond donors (Lipinski definition) is 1. The fraction of sp³-hybridized carbons (Fsp3) is 0.300.